The maximum Gasteiger partial charge on any atom is 0.203 e. The fourth-order valence-electron chi connectivity index (χ4n) is 3.07. The monoisotopic (exact) mass is 309 g/mol. The number of aromatic nitrogens is 1. The van der Waals surface area contributed by atoms with Gasteiger partial charge in [0.25, 0.3) is 0 Å². The molecule has 5 nitrogen and oxygen atoms in total. The molecule has 116 valence electrons. The van der Waals surface area contributed by atoms with E-state index in [1.807, 2.05) is 13.8 Å². The molecule has 4 rings (SSSR count). The number of rotatable bonds is 1. The Morgan fingerprint density at radius 3 is 2.48 bits per heavy atom. The SMILES string of the molecule is CC(C)n1cc2c3cc(O)ccc3oc3ccc(=O)c(c1O)c32. The molecule has 0 aliphatic heterocycles. The van der Waals surface area contributed by atoms with Crippen molar-refractivity contribution >= 4 is 32.7 Å². The third-order valence-electron chi connectivity index (χ3n) is 4.16. The number of phenols is 1. The van der Waals surface area contributed by atoms with Crippen LogP contribution in [0.1, 0.15) is 19.9 Å². The van der Waals surface area contributed by atoms with Crippen LogP contribution in [0.4, 0.5) is 0 Å². The van der Waals surface area contributed by atoms with Crippen LogP contribution in [-0.4, -0.2) is 14.8 Å². The molecule has 5 heteroatoms. The second-order valence-electron chi connectivity index (χ2n) is 5.96. The van der Waals surface area contributed by atoms with Gasteiger partial charge in [-0.25, -0.2) is 0 Å². The van der Waals surface area contributed by atoms with Crippen LogP contribution in [0.3, 0.4) is 0 Å². The standard InChI is InChI=1S/C18H15NO4/c1-9(2)19-8-12-11-7-10(20)3-5-14(11)23-15-6-4-13(21)17(16(12)15)18(19)22/h3-9,20,22H,1-2H3. The summed E-state index contributed by atoms with van der Waals surface area (Å²) in [5, 5.41) is 22.6. The van der Waals surface area contributed by atoms with Gasteiger partial charge in [-0.15, -0.1) is 0 Å². The Hall–Kier alpha value is -2.95. The molecule has 0 radical (unpaired) electrons. The molecule has 0 unspecified atom stereocenters. The minimum Gasteiger partial charge on any atom is -0.508 e. The van der Waals surface area contributed by atoms with Crippen molar-refractivity contribution in [1.82, 2.24) is 4.57 Å². The van der Waals surface area contributed by atoms with Gasteiger partial charge in [-0.2, -0.15) is 0 Å². The quantitative estimate of drug-likeness (QED) is 0.413. The Balaban J connectivity index is 2.39. The van der Waals surface area contributed by atoms with Crippen molar-refractivity contribution in [2.45, 2.75) is 19.9 Å². The van der Waals surface area contributed by atoms with Crippen molar-refractivity contribution in [3.05, 3.63) is 46.8 Å². The van der Waals surface area contributed by atoms with Crippen LogP contribution in [-0.2, 0) is 0 Å². The highest BCUT2D eigenvalue weighted by Crippen LogP contribution is 2.37. The number of hydrogen-bond donors (Lipinski definition) is 2. The molecule has 2 aromatic heterocycles. The summed E-state index contributed by atoms with van der Waals surface area (Å²) in [4.78, 5) is 12.3. The van der Waals surface area contributed by atoms with E-state index < -0.39 is 0 Å². The highest BCUT2D eigenvalue weighted by atomic mass is 16.3. The number of phenolic OH excluding ortho intramolecular Hbond substituents is 1. The minimum absolute atomic E-state index is 0.0256. The lowest BCUT2D eigenvalue weighted by atomic mass is 10.0. The second kappa shape index (κ2) is 4.52. The van der Waals surface area contributed by atoms with Crippen LogP contribution in [0.15, 0.2) is 45.7 Å². The number of benzene rings is 2. The van der Waals surface area contributed by atoms with E-state index in [1.54, 1.807) is 35.0 Å². The molecule has 0 fully saturated rings. The topological polar surface area (TPSA) is 75.6 Å². The van der Waals surface area contributed by atoms with Gasteiger partial charge in [0.05, 0.1) is 5.39 Å². The Morgan fingerprint density at radius 2 is 1.74 bits per heavy atom. The van der Waals surface area contributed by atoms with Crippen molar-refractivity contribution in [1.29, 1.82) is 0 Å². The molecule has 0 spiro atoms. The fraction of sp³-hybridized carbons (Fsp3) is 0.167. The van der Waals surface area contributed by atoms with Crippen molar-refractivity contribution < 1.29 is 14.6 Å². The van der Waals surface area contributed by atoms with E-state index in [4.69, 9.17) is 4.42 Å². The van der Waals surface area contributed by atoms with E-state index >= 15 is 0 Å². The van der Waals surface area contributed by atoms with E-state index in [2.05, 4.69) is 0 Å². The largest absolute Gasteiger partial charge is 0.508 e. The molecule has 2 heterocycles. The van der Waals surface area contributed by atoms with E-state index in [9.17, 15) is 15.0 Å². The molecule has 23 heavy (non-hydrogen) atoms. The number of pyridine rings is 1. The van der Waals surface area contributed by atoms with Gasteiger partial charge in [0.1, 0.15) is 16.9 Å². The van der Waals surface area contributed by atoms with Gasteiger partial charge in [0.15, 0.2) is 5.43 Å². The average molecular weight is 309 g/mol. The first-order chi connectivity index (χ1) is 11.0. The van der Waals surface area contributed by atoms with Gasteiger partial charge in [-0.1, -0.05) is 0 Å². The Kier molecular flexibility index (Phi) is 2.69. The van der Waals surface area contributed by atoms with Crippen molar-refractivity contribution in [3.8, 4) is 11.6 Å². The molecule has 0 aliphatic rings. The van der Waals surface area contributed by atoms with Crippen LogP contribution < -0.4 is 5.43 Å². The Morgan fingerprint density at radius 1 is 1.00 bits per heavy atom. The number of hydrogen-bond acceptors (Lipinski definition) is 4. The lowest BCUT2D eigenvalue weighted by molar-refractivity contribution is 0.401. The predicted octanol–water partition coefficient (Wildman–Crippen LogP) is 3.89. The highest BCUT2D eigenvalue weighted by Gasteiger charge is 2.18. The van der Waals surface area contributed by atoms with Gasteiger partial charge < -0.3 is 19.2 Å². The van der Waals surface area contributed by atoms with Crippen LogP contribution in [0, 0.1) is 0 Å². The lowest BCUT2D eigenvalue weighted by Gasteiger charge is -2.18. The zero-order valence-electron chi connectivity index (χ0n) is 12.7. The summed E-state index contributed by atoms with van der Waals surface area (Å²) >= 11 is 0. The fourth-order valence-corrected chi connectivity index (χ4v) is 3.07. The summed E-state index contributed by atoms with van der Waals surface area (Å²) in [5.41, 5.74) is 0.875. The van der Waals surface area contributed by atoms with Crippen LogP contribution in [0.5, 0.6) is 11.6 Å². The molecule has 0 amide bonds. The average Bonchev–Trinajstić information content (AvgIpc) is 2.51. The molecular weight excluding hydrogens is 294 g/mol. The molecule has 0 saturated carbocycles. The van der Waals surface area contributed by atoms with Crippen molar-refractivity contribution in [3.63, 3.8) is 0 Å². The highest BCUT2D eigenvalue weighted by molar-refractivity contribution is 6.18. The summed E-state index contributed by atoms with van der Waals surface area (Å²) < 4.78 is 7.50. The van der Waals surface area contributed by atoms with Gasteiger partial charge in [-0.3, -0.25) is 4.79 Å². The summed E-state index contributed by atoms with van der Waals surface area (Å²) in [6, 6.07) is 7.84. The van der Waals surface area contributed by atoms with Gasteiger partial charge in [0.2, 0.25) is 5.88 Å². The first kappa shape index (κ1) is 13.7. The third kappa shape index (κ3) is 1.83. The Labute approximate surface area is 131 Å². The van der Waals surface area contributed by atoms with E-state index in [0.29, 0.717) is 21.9 Å². The van der Waals surface area contributed by atoms with Gasteiger partial charge >= 0.3 is 0 Å². The molecule has 0 bridgehead atoms. The molecule has 0 aliphatic carbocycles. The minimum atomic E-state index is -0.260. The third-order valence-corrected chi connectivity index (χ3v) is 4.16. The zero-order valence-corrected chi connectivity index (χ0v) is 12.7. The molecule has 0 saturated heterocycles. The van der Waals surface area contributed by atoms with Crippen molar-refractivity contribution in [2.24, 2.45) is 0 Å². The van der Waals surface area contributed by atoms with E-state index in [-0.39, 0.29) is 28.5 Å². The van der Waals surface area contributed by atoms with Crippen LogP contribution in [0.25, 0.3) is 32.7 Å². The molecule has 2 N–H and O–H groups in total. The summed E-state index contributed by atoms with van der Waals surface area (Å²) in [6.45, 7) is 3.85. The van der Waals surface area contributed by atoms with Crippen LogP contribution in [0.2, 0.25) is 0 Å². The zero-order chi connectivity index (χ0) is 16.3. The normalized spacial score (nSPS) is 12.0. The van der Waals surface area contributed by atoms with Crippen molar-refractivity contribution in [2.75, 3.05) is 0 Å². The number of fused-ring (bicyclic) bond motifs is 2. The molecular formula is C18H15NO4. The molecule has 0 atom stereocenters. The number of nitrogens with zero attached hydrogens (tertiary/aromatic N) is 1. The van der Waals surface area contributed by atoms with E-state index in [1.165, 1.54) is 6.07 Å². The molecule has 2 aromatic carbocycles. The van der Waals surface area contributed by atoms with Gasteiger partial charge in [-0.05, 0) is 44.2 Å². The first-order valence-electron chi connectivity index (χ1n) is 7.39. The van der Waals surface area contributed by atoms with E-state index in [0.717, 1.165) is 5.39 Å². The smallest absolute Gasteiger partial charge is 0.203 e. The molecule has 4 aromatic rings. The maximum absolute atomic E-state index is 12.3. The lowest BCUT2D eigenvalue weighted by Crippen LogP contribution is -2.08. The summed E-state index contributed by atoms with van der Waals surface area (Å²) in [7, 11) is 0. The Bertz CT molecular complexity index is 1130. The predicted molar refractivity (Wildman–Crippen MR) is 89.2 cm³/mol. The summed E-state index contributed by atoms with van der Waals surface area (Å²) in [6.07, 6.45) is 1.80. The second-order valence-corrected chi connectivity index (χ2v) is 5.96. The van der Waals surface area contributed by atoms with Crippen LogP contribution >= 0.6 is 0 Å². The summed E-state index contributed by atoms with van der Waals surface area (Å²) in [5.74, 6) is 0.0456. The van der Waals surface area contributed by atoms with Gasteiger partial charge in [0, 0.05) is 28.4 Å². The maximum atomic E-state index is 12.3. The first-order valence-corrected chi connectivity index (χ1v) is 7.39. The number of aromatic hydroxyl groups is 2.